The first kappa shape index (κ1) is 23.2. The maximum Gasteiger partial charge on any atom is 0.194 e. The van der Waals surface area contributed by atoms with E-state index in [-0.39, 0.29) is 41.9 Å². The van der Waals surface area contributed by atoms with Crippen molar-refractivity contribution in [2.45, 2.75) is 50.2 Å². The molecular weight excluding hydrogens is 465 g/mol. The lowest BCUT2D eigenvalue weighted by Gasteiger charge is -2.34. The fraction of sp³-hybridized carbons (Fsp3) is 0.611. The number of aliphatic hydroxyl groups excluding tert-OH is 1. The van der Waals surface area contributed by atoms with Gasteiger partial charge in [0.2, 0.25) is 0 Å². The molecule has 0 bridgehead atoms. The van der Waals surface area contributed by atoms with Gasteiger partial charge in [-0.15, -0.1) is 24.0 Å². The van der Waals surface area contributed by atoms with Gasteiger partial charge in [0, 0.05) is 25.7 Å². The molecule has 1 heterocycles. The summed E-state index contributed by atoms with van der Waals surface area (Å²) in [5.74, 6) is 0.775. The Labute approximate surface area is 174 Å². The molecule has 1 aliphatic heterocycles. The van der Waals surface area contributed by atoms with Crippen LogP contribution < -0.4 is 5.32 Å². The van der Waals surface area contributed by atoms with Gasteiger partial charge in [-0.3, -0.25) is 4.99 Å². The zero-order valence-corrected chi connectivity index (χ0v) is 18.6. The van der Waals surface area contributed by atoms with Gasteiger partial charge in [0.1, 0.15) is 0 Å². The highest BCUT2D eigenvalue weighted by Gasteiger charge is 2.24. The maximum absolute atomic E-state index is 12.6. The van der Waals surface area contributed by atoms with Crippen LogP contribution in [0.2, 0.25) is 0 Å². The number of sulfone groups is 1. The van der Waals surface area contributed by atoms with E-state index in [1.54, 1.807) is 24.3 Å². The molecule has 1 saturated heterocycles. The van der Waals surface area contributed by atoms with Crippen LogP contribution in [0, 0.1) is 0 Å². The van der Waals surface area contributed by atoms with Gasteiger partial charge in [-0.05, 0) is 38.3 Å². The number of hydrogen-bond donors (Lipinski definition) is 2. The quantitative estimate of drug-likeness (QED) is 0.360. The molecular formula is C18H30IN3O3S. The van der Waals surface area contributed by atoms with Crippen molar-refractivity contribution in [2.24, 2.45) is 4.99 Å². The summed E-state index contributed by atoms with van der Waals surface area (Å²) in [6, 6.07) is 8.35. The van der Waals surface area contributed by atoms with E-state index >= 15 is 0 Å². The molecule has 2 N–H and O–H groups in total. The molecule has 1 aromatic rings. The normalized spacial score (nSPS) is 17.5. The SMILES string of the molecule is CCN=C(NC(CC)CS(=O)(=O)c1ccccc1)N1CCC(O)CC1.I. The molecule has 26 heavy (non-hydrogen) atoms. The van der Waals surface area contributed by atoms with Crippen molar-refractivity contribution in [1.82, 2.24) is 10.2 Å². The van der Waals surface area contributed by atoms with Gasteiger partial charge in [-0.2, -0.15) is 0 Å². The van der Waals surface area contributed by atoms with Crippen LogP contribution in [0.5, 0.6) is 0 Å². The molecule has 6 nitrogen and oxygen atoms in total. The number of halogens is 1. The molecule has 0 aromatic heterocycles. The Kier molecular flexibility index (Phi) is 9.88. The highest BCUT2D eigenvalue weighted by molar-refractivity contribution is 14.0. The first-order chi connectivity index (χ1) is 12.0. The summed E-state index contributed by atoms with van der Waals surface area (Å²) in [5.41, 5.74) is 0. The van der Waals surface area contributed by atoms with Gasteiger partial charge < -0.3 is 15.3 Å². The van der Waals surface area contributed by atoms with Crippen molar-refractivity contribution in [2.75, 3.05) is 25.4 Å². The minimum atomic E-state index is -3.35. The van der Waals surface area contributed by atoms with Gasteiger partial charge >= 0.3 is 0 Å². The Hall–Kier alpha value is -0.870. The molecule has 0 radical (unpaired) electrons. The second-order valence-electron chi connectivity index (χ2n) is 6.36. The third-order valence-corrected chi connectivity index (χ3v) is 6.25. The van der Waals surface area contributed by atoms with Crippen molar-refractivity contribution in [3.63, 3.8) is 0 Å². The Bertz CT molecular complexity index is 660. The molecule has 1 aromatic carbocycles. The maximum atomic E-state index is 12.6. The lowest BCUT2D eigenvalue weighted by atomic mass is 10.1. The van der Waals surface area contributed by atoms with Crippen molar-refractivity contribution >= 4 is 39.8 Å². The van der Waals surface area contributed by atoms with E-state index in [0.717, 1.165) is 19.0 Å². The van der Waals surface area contributed by atoms with E-state index in [0.29, 0.717) is 30.7 Å². The molecule has 0 saturated carbocycles. The standard InChI is InChI=1S/C18H29N3O3S.HI/c1-3-15(14-25(23,24)17-8-6-5-7-9-17)20-18(19-4-2)21-12-10-16(22)11-13-21;/h5-9,15-16,22H,3-4,10-14H2,1-2H3,(H,19,20);1H. The molecule has 2 rings (SSSR count). The van der Waals surface area contributed by atoms with E-state index in [9.17, 15) is 13.5 Å². The van der Waals surface area contributed by atoms with Crippen molar-refractivity contribution in [3.05, 3.63) is 30.3 Å². The number of piperidine rings is 1. The Morgan fingerprint density at radius 1 is 1.27 bits per heavy atom. The molecule has 1 atom stereocenters. The zero-order chi connectivity index (χ0) is 18.3. The third kappa shape index (κ3) is 6.70. The topological polar surface area (TPSA) is 82.0 Å². The summed E-state index contributed by atoms with van der Waals surface area (Å²) in [6.07, 6.45) is 1.86. The van der Waals surface area contributed by atoms with Crippen LogP contribution in [0.15, 0.2) is 40.2 Å². The van der Waals surface area contributed by atoms with Crippen molar-refractivity contribution in [1.29, 1.82) is 0 Å². The summed E-state index contributed by atoms with van der Waals surface area (Å²) < 4.78 is 25.3. The molecule has 0 amide bonds. The number of likely N-dealkylation sites (tertiary alicyclic amines) is 1. The predicted molar refractivity (Wildman–Crippen MR) is 116 cm³/mol. The summed E-state index contributed by atoms with van der Waals surface area (Å²) in [6.45, 7) is 6.02. The smallest absolute Gasteiger partial charge is 0.194 e. The summed E-state index contributed by atoms with van der Waals surface area (Å²) in [7, 11) is -3.35. The van der Waals surface area contributed by atoms with Crippen LogP contribution in [-0.4, -0.2) is 61.9 Å². The summed E-state index contributed by atoms with van der Waals surface area (Å²) >= 11 is 0. The molecule has 8 heteroatoms. The number of aliphatic imine (C=N–C) groups is 1. The Morgan fingerprint density at radius 2 is 1.88 bits per heavy atom. The molecule has 0 spiro atoms. The first-order valence-corrected chi connectivity index (χ1v) is 10.6. The monoisotopic (exact) mass is 495 g/mol. The van der Waals surface area contributed by atoms with E-state index in [4.69, 9.17) is 0 Å². The molecule has 148 valence electrons. The van der Waals surface area contributed by atoms with Crippen LogP contribution >= 0.6 is 24.0 Å². The molecule has 1 unspecified atom stereocenters. The van der Waals surface area contributed by atoms with E-state index in [2.05, 4.69) is 15.2 Å². The number of nitrogens with one attached hydrogen (secondary N) is 1. The predicted octanol–water partition coefficient (Wildman–Crippen LogP) is 2.28. The fourth-order valence-corrected chi connectivity index (χ4v) is 4.51. The number of hydrogen-bond acceptors (Lipinski definition) is 4. The molecule has 0 aliphatic carbocycles. The first-order valence-electron chi connectivity index (χ1n) is 8.98. The van der Waals surface area contributed by atoms with Crippen molar-refractivity contribution in [3.8, 4) is 0 Å². The third-order valence-electron chi connectivity index (χ3n) is 4.42. The van der Waals surface area contributed by atoms with Gasteiger partial charge in [0.05, 0.1) is 16.8 Å². The van der Waals surface area contributed by atoms with Gasteiger partial charge in [0.25, 0.3) is 0 Å². The average molecular weight is 495 g/mol. The van der Waals surface area contributed by atoms with Gasteiger partial charge in [0.15, 0.2) is 15.8 Å². The molecule has 1 aliphatic rings. The number of benzene rings is 1. The lowest BCUT2D eigenvalue weighted by Crippen LogP contribution is -2.51. The van der Waals surface area contributed by atoms with E-state index in [1.807, 2.05) is 19.9 Å². The highest BCUT2D eigenvalue weighted by Crippen LogP contribution is 2.14. The lowest BCUT2D eigenvalue weighted by molar-refractivity contribution is 0.107. The van der Waals surface area contributed by atoms with Gasteiger partial charge in [-0.25, -0.2) is 8.42 Å². The summed E-state index contributed by atoms with van der Waals surface area (Å²) in [5, 5.41) is 13.0. The van der Waals surface area contributed by atoms with Crippen LogP contribution in [0.1, 0.15) is 33.1 Å². The number of aliphatic hydroxyl groups is 1. The number of rotatable bonds is 6. The van der Waals surface area contributed by atoms with Gasteiger partial charge in [-0.1, -0.05) is 25.1 Å². The minimum Gasteiger partial charge on any atom is -0.393 e. The van der Waals surface area contributed by atoms with Crippen LogP contribution in [-0.2, 0) is 9.84 Å². The molecule has 1 fully saturated rings. The Balaban J connectivity index is 0.00000338. The highest BCUT2D eigenvalue weighted by atomic mass is 127. The van der Waals surface area contributed by atoms with E-state index in [1.165, 1.54) is 0 Å². The zero-order valence-electron chi connectivity index (χ0n) is 15.5. The largest absolute Gasteiger partial charge is 0.393 e. The van der Waals surface area contributed by atoms with Crippen LogP contribution in [0.25, 0.3) is 0 Å². The fourth-order valence-electron chi connectivity index (χ4n) is 2.90. The van der Waals surface area contributed by atoms with Crippen LogP contribution in [0.3, 0.4) is 0 Å². The number of nitrogens with zero attached hydrogens (tertiary/aromatic N) is 2. The van der Waals surface area contributed by atoms with E-state index < -0.39 is 9.84 Å². The van der Waals surface area contributed by atoms with Crippen LogP contribution in [0.4, 0.5) is 0 Å². The number of guanidine groups is 1. The average Bonchev–Trinajstić information content (AvgIpc) is 2.62. The van der Waals surface area contributed by atoms with Crippen molar-refractivity contribution < 1.29 is 13.5 Å². The Morgan fingerprint density at radius 3 is 2.42 bits per heavy atom. The summed E-state index contributed by atoms with van der Waals surface area (Å²) in [4.78, 5) is 6.98. The second-order valence-corrected chi connectivity index (χ2v) is 8.39. The second kappa shape index (κ2) is 11.1. The minimum absolute atomic E-state index is 0.